The molecule has 174 valence electrons. The van der Waals surface area contributed by atoms with Gasteiger partial charge in [-0.05, 0) is 80.9 Å². The first-order valence-electron chi connectivity index (χ1n) is 12.7. The normalized spacial score (nSPS) is 11.2. The maximum atomic E-state index is 3.53. The van der Waals surface area contributed by atoms with Gasteiger partial charge >= 0.3 is 0 Å². The van der Waals surface area contributed by atoms with Crippen molar-refractivity contribution in [2.75, 3.05) is 0 Å². The quantitative estimate of drug-likeness (QED) is 0.263. The van der Waals surface area contributed by atoms with Gasteiger partial charge in [0.05, 0.1) is 0 Å². The van der Waals surface area contributed by atoms with Crippen molar-refractivity contribution in [2.24, 2.45) is 0 Å². The van der Waals surface area contributed by atoms with E-state index >= 15 is 0 Å². The summed E-state index contributed by atoms with van der Waals surface area (Å²) in [5, 5.41) is 2.53. The van der Waals surface area contributed by atoms with Crippen LogP contribution in [0.2, 0.25) is 0 Å². The van der Waals surface area contributed by atoms with Crippen LogP contribution < -0.4 is 0 Å². The van der Waals surface area contributed by atoms with E-state index in [2.05, 4.69) is 151 Å². The van der Waals surface area contributed by atoms with Crippen molar-refractivity contribution in [1.29, 1.82) is 0 Å². The van der Waals surface area contributed by atoms with Crippen LogP contribution in [-0.4, -0.2) is 4.98 Å². The summed E-state index contributed by atoms with van der Waals surface area (Å²) in [7, 11) is 0. The van der Waals surface area contributed by atoms with Crippen molar-refractivity contribution in [3.05, 3.63) is 146 Å². The van der Waals surface area contributed by atoms with E-state index in [0.717, 1.165) is 0 Å². The van der Waals surface area contributed by atoms with Gasteiger partial charge in [0.1, 0.15) is 0 Å². The van der Waals surface area contributed by atoms with Crippen LogP contribution in [0, 0.1) is 0 Å². The number of hydrogen-bond donors (Lipinski definition) is 1. The van der Waals surface area contributed by atoms with Gasteiger partial charge in [0.2, 0.25) is 0 Å². The smallest absolute Gasteiger partial charge is 0.0465 e. The number of rotatable bonds is 4. The Morgan fingerprint density at radius 3 is 1.30 bits per heavy atom. The maximum absolute atomic E-state index is 3.53. The third-order valence-corrected chi connectivity index (χ3v) is 7.20. The Kier molecular flexibility index (Phi) is 5.19. The Morgan fingerprint density at radius 2 is 0.703 bits per heavy atom. The van der Waals surface area contributed by atoms with Crippen molar-refractivity contribution in [3.8, 4) is 44.5 Å². The van der Waals surface area contributed by atoms with Crippen LogP contribution in [-0.2, 0) is 0 Å². The Morgan fingerprint density at radius 1 is 0.270 bits per heavy atom. The number of benzene rings is 6. The van der Waals surface area contributed by atoms with Crippen molar-refractivity contribution in [1.82, 2.24) is 4.98 Å². The molecule has 0 aliphatic heterocycles. The van der Waals surface area contributed by atoms with E-state index in [0.29, 0.717) is 0 Å². The highest BCUT2D eigenvalue weighted by atomic mass is 14.7. The van der Waals surface area contributed by atoms with E-state index in [9.17, 15) is 0 Å². The fraction of sp³-hybridized carbons (Fsp3) is 0. The molecule has 0 aliphatic rings. The molecule has 0 unspecified atom stereocenters. The number of nitrogens with one attached hydrogen (secondary N) is 1. The molecule has 0 fully saturated rings. The second-order valence-electron chi connectivity index (χ2n) is 9.54. The molecule has 1 heteroatoms. The van der Waals surface area contributed by atoms with E-state index in [-0.39, 0.29) is 0 Å². The van der Waals surface area contributed by atoms with Crippen LogP contribution in [0.4, 0.5) is 0 Å². The van der Waals surface area contributed by atoms with Crippen LogP contribution in [0.5, 0.6) is 0 Å². The molecule has 0 atom stereocenters. The number of fused-ring (bicyclic) bond motifs is 3. The highest BCUT2D eigenvalue weighted by Gasteiger charge is 2.08. The lowest BCUT2D eigenvalue weighted by Gasteiger charge is -2.10. The molecule has 1 nitrogen and oxygen atoms in total. The molecule has 37 heavy (non-hydrogen) atoms. The summed E-state index contributed by atoms with van der Waals surface area (Å²) in [5.41, 5.74) is 12.2. The van der Waals surface area contributed by atoms with Crippen LogP contribution >= 0.6 is 0 Å². The van der Waals surface area contributed by atoms with E-state index in [1.807, 2.05) is 0 Å². The van der Waals surface area contributed by atoms with Gasteiger partial charge in [0, 0.05) is 21.8 Å². The van der Waals surface area contributed by atoms with Gasteiger partial charge in [-0.1, -0.05) is 109 Å². The predicted molar refractivity (Wildman–Crippen MR) is 158 cm³/mol. The topological polar surface area (TPSA) is 15.8 Å². The Balaban J connectivity index is 1.26. The second-order valence-corrected chi connectivity index (χ2v) is 9.54. The minimum atomic E-state index is 1.17. The minimum Gasteiger partial charge on any atom is -0.355 e. The van der Waals surface area contributed by atoms with Crippen LogP contribution in [0.3, 0.4) is 0 Å². The highest BCUT2D eigenvalue weighted by molar-refractivity contribution is 6.08. The van der Waals surface area contributed by atoms with E-state index in [4.69, 9.17) is 0 Å². The molecule has 1 N–H and O–H groups in total. The number of hydrogen-bond acceptors (Lipinski definition) is 0. The van der Waals surface area contributed by atoms with Gasteiger partial charge < -0.3 is 4.98 Å². The molecule has 0 bridgehead atoms. The Bertz CT molecular complexity index is 1870. The molecular formula is C36H25N. The monoisotopic (exact) mass is 471 g/mol. The molecule has 1 aromatic heterocycles. The zero-order chi connectivity index (χ0) is 24.6. The zero-order valence-electron chi connectivity index (χ0n) is 20.4. The third kappa shape index (κ3) is 4.01. The van der Waals surface area contributed by atoms with Crippen molar-refractivity contribution < 1.29 is 0 Å². The molecule has 0 spiro atoms. The summed E-state index contributed by atoms with van der Waals surface area (Å²) in [6.45, 7) is 0. The first-order chi connectivity index (χ1) is 18.3. The van der Waals surface area contributed by atoms with Crippen molar-refractivity contribution in [3.63, 3.8) is 0 Å². The average Bonchev–Trinajstić information content (AvgIpc) is 3.36. The molecular weight excluding hydrogens is 446 g/mol. The van der Waals surface area contributed by atoms with Gasteiger partial charge in [-0.15, -0.1) is 0 Å². The van der Waals surface area contributed by atoms with Gasteiger partial charge in [0.15, 0.2) is 0 Å². The summed E-state index contributed by atoms with van der Waals surface area (Å²) in [6, 6.07) is 52.3. The summed E-state index contributed by atoms with van der Waals surface area (Å²) in [6.07, 6.45) is 0. The fourth-order valence-electron chi connectivity index (χ4n) is 5.29. The fourth-order valence-corrected chi connectivity index (χ4v) is 5.29. The average molecular weight is 472 g/mol. The van der Waals surface area contributed by atoms with E-state index < -0.39 is 0 Å². The largest absolute Gasteiger partial charge is 0.355 e. The molecule has 7 rings (SSSR count). The van der Waals surface area contributed by atoms with E-state index in [1.54, 1.807) is 0 Å². The molecule has 1 heterocycles. The summed E-state index contributed by atoms with van der Waals surface area (Å²) in [4.78, 5) is 3.53. The summed E-state index contributed by atoms with van der Waals surface area (Å²) < 4.78 is 0. The zero-order valence-corrected chi connectivity index (χ0v) is 20.4. The first kappa shape index (κ1) is 21.4. The molecule has 6 aromatic carbocycles. The Hall–Kier alpha value is -4.88. The summed E-state index contributed by atoms with van der Waals surface area (Å²) >= 11 is 0. The van der Waals surface area contributed by atoms with Crippen LogP contribution in [0.1, 0.15) is 0 Å². The number of aromatic nitrogens is 1. The standard InChI is InChI=1S/C36H25N/c1-2-9-25(10-3-1)26-11-6-12-27(21-26)28-13-7-14-29(22-28)30-15-8-16-31(23-30)32-19-20-36-34(24-32)33-17-4-5-18-35(33)37-36/h1-24,37H. The third-order valence-electron chi connectivity index (χ3n) is 7.20. The van der Waals surface area contributed by atoms with Gasteiger partial charge in [-0.3, -0.25) is 0 Å². The van der Waals surface area contributed by atoms with Gasteiger partial charge in [-0.25, -0.2) is 0 Å². The van der Waals surface area contributed by atoms with Crippen LogP contribution in [0.15, 0.2) is 146 Å². The number of H-pyrrole nitrogens is 1. The minimum absolute atomic E-state index is 1.17. The van der Waals surface area contributed by atoms with Gasteiger partial charge in [0.25, 0.3) is 0 Å². The molecule has 0 saturated heterocycles. The molecule has 0 amide bonds. The van der Waals surface area contributed by atoms with E-state index in [1.165, 1.54) is 66.3 Å². The lowest BCUT2D eigenvalue weighted by Crippen LogP contribution is -1.85. The van der Waals surface area contributed by atoms with Crippen molar-refractivity contribution >= 4 is 21.8 Å². The molecule has 0 saturated carbocycles. The molecule has 0 radical (unpaired) electrons. The highest BCUT2D eigenvalue weighted by Crippen LogP contribution is 2.33. The maximum Gasteiger partial charge on any atom is 0.0465 e. The molecule has 0 aliphatic carbocycles. The number of aromatic amines is 1. The summed E-state index contributed by atoms with van der Waals surface area (Å²) in [5.74, 6) is 0. The Labute approximate surface area is 216 Å². The van der Waals surface area contributed by atoms with Gasteiger partial charge in [-0.2, -0.15) is 0 Å². The predicted octanol–water partition coefficient (Wildman–Crippen LogP) is 9.99. The lowest BCUT2D eigenvalue weighted by molar-refractivity contribution is 1.54. The molecule has 7 aromatic rings. The lowest BCUT2D eigenvalue weighted by atomic mass is 9.94. The SMILES string of the molecule is c1ccc(-c2cccc(-c3cccc(-c4cccc(-c5ccc6[nH]c7ccccc7c6c5)c4)c3)c2)cc1. The van der Waals surface area contributed by atoms with Crippen LogP contribution in [0.25, 0.3) is 66.3 Å². The van der Waals surface area contributed by atoms with Crippen molar-refractivity contribution in [2.45, 2.75) is 0 Å². The first-order valence-corrected chi connectivity index (χ1v) is 12.7. The number of para-hydroxylation sites is 1. The second kappa shape index (κ2) is 8.96.